The van der Waals surface area contributed by atoms with Crippen LogP contribution in [0.2, 0.25) is 0 Å². The summed E-state index contributed by atoms with van der Waals surface area (Å²) in [7, 11) is 1.51. The molecule has 0 saturated heterocycles. The molecule has 78 valence electrons. The molecule has 0 aliphatic heterocycles. The lowest BCUT2D eigenvalue weighted by atomic mass is 10.0. The molecule has 1 N–H and O–H groups in total. The zero-order valence-corrected chi connectivity index (χ0v) is 8.49. The third kappa shape index (κ3) is 1.73. The van der Waals surface area contributed by atoms with Gasteiger partial charge in [0.15, 0.2) is 17.3 Å². The molecule has 3 heteroatoms. The smallest absolute Gasteiger partial charge is 0.161 e. The third-order valence-electron chi connectivity index (χ3n) is 2.55. The lowest BCUT2D eigenvalue weighted by Gasteiger charge is -2.10. The molecule has 3 nitrogen and oxygen atoms in total. The highest BCUT2D eigenvalue weighted by molar-refractivity contribution is 5.92. The lowest BCUT2D eigenvalue weighted by molar-refractivity contribution is -0.114. The van der Waals surface area contributed by atoms with Gasteiger partial charge < -0.3 is 9.84 Å². The van der Waals surface area contributed by atoms with E-state index in [1.807, 2.05) is 6.07 Å². The van der Waals surface area contributed by atoms with Crippen molar-refractivity contribution < 1.29 is 14.6 Å². The second kappa shape index (κ2) is 3.77. The van der Waals surface area contributed by atoms with Gasteiger partial charge in [0.1, 0.15) is 0 Å². The average Bonchev–Trinajstić information content (AvgIpc) is 2.40. The molecular formula is C12H12O3. The van der Waals surface area contributed by atoms with Gasteiger partial charge in [0.05, 0.1) is 7.11 Å². The molecule has 0 heterocycles. The fourth-order valence-corrected chi connectivity index (χ4v) is 1.77. The number of methoxy groups -OCH3 is 1. The number of carbonyl (C=O) groups is 1. The minimum atomic E-state index is 0.0679. The first-order valence-corrected chi connectivity index (χ1v) is 4.79. The van der Waals surface area contributed by atoms with Crippen molar-refractivity contribution in [2.45, 2.75) is 12.8 Å². The SMILES string of the molecule is COc1ccc2c(c1O)CC=CC(=O)C2. The molecule has 0 amide bonds. The third-order valence-corrected chi connectivity index (χ3v) is 2.55. The number of phenolic OH excluding ortho intramolecular Hbond substituents is 1. The van der Waals surface area contributed by atoms with Gasteiger partial charge in [-0.15, -0.1) is 0 Å². The number of ether oxygens (including phenoxy) is 1. The molecule has 0 bridgehead atoms. The van der Waals surface area contributed by atoms with Crippen LogP contribution in [0, 0.1) is 0 Å². The van der Waals surface area contributed by atoms with Crippen LogP contribution in [-0.4, -0.2) is 18.0 Å². The highest BCUT2D eigenvalue weighted by Crippen LogP contribution is 2.33. The molecule has 1 aromatic rings. The van der Waals surface area contributed by atoms with Crippen LogP contribution in [0.3, 0.4) is 0 Å². The van der Waals surface area contributed by atoms with E-state index >= 15 is 0 Å². The predicted octanol–water partition coefficient (Wildman–Crippen LogP) is 1.62. The van der Waals surface area contributed by atoms with E-state index in [1.54, 1.807) is 18.2 Å². The van der Waals surface area contributed by atoms with E-state index in [2.05, 4.69) is 0 Å². The molecule has 0 atom stereocenters. The molecule has 0 aromatic heterocycles. The number of hydrogen-bond donors (Lipinski definition) is 1. The molecule has 2 rings (SSSR count). The molecule has 1 aliphatic carbocycles. The Bertz CT molecular complexity index is 433. The Balaban J connectivity index is 2.52. The van der Waals surface area contributed by atoms with Crippen molar-refractivity contribution in [2.75, 3.05) is 7.11 Å². The van der Waals surface area contributed by atoms with E-state index in [9.17, 15) is 9.90 Å². The van der Waals surface area contributed by atoms with E-state index in [1.165, 1.54) is 7.11 Å². The number of benzene rings is 1. The van der Waals surface area contributed by atoms with Crippen LogP contribution in [-0.2, 0) is 17.6 Å². The van der Waals surface area contributed by atoms with Gasteiger partial charge >= 0.3 is 0 Å². The monoisotopic (exact) mass is 204 g/mol. The fourth-order valence-electron chi connectivity index (χ4n) is 1.77. The Kier molecular flexibility index (Phi) is 2.46. The summed E-state index contributed by atoms with van der Waals surface area (Å²) in [5.41, 5.74) is 1.67. The number of ketones is 1. The summed E-state index contributed by atoms with van der Waals surface area (Å²) < 4.78 is 5.02. The second-order valence-electron chi connectivity index (χ2n) is 3.50. The minimum absolute atomic E-state index is 0.0679. The first-order chi connectivity index (χ1) is 7.22. The van der Waals surface area contributed by atoms with Crippen molar-refractivity contribution >= 4 is 5.78 Å². The van der Waals surface area contributed by atoms with E-state index in [4.69, 9.17) is 4.74 Å². The quantitative estimate of drug-likeness (QED) is 0.756. The summed E-state index contributed by atoms with van der Waals surface area (Å²) in [6.07, 6.45) is 4.26. The van der Waals surface area contributed by atoms with Crippen molar-refractivity contribution in [3.63, 3.8) is 0 Å². The summed E-state index contributed by atoms with van der Waals surface area (Å²) in [6.45, 7) is 0. The zero-order valence-electron chi connectivity index (χ0n) is 8.49. The minimum Gasteiger partial charge on any atom is -0.504 e. The van der Waals surface area contributed by atoms with Crippen LogP contribution in [0.4, 0.5) is 0 Å². The molecule has 1 aromatic carbocycles. The maximum atomic E-state index is 11.3. The summed E-state index contributed by atoms with van der Waals surface area (Å²) in [6, 6.07) is 3.52. The predicted molar refractivity (Wildman–Crippen MR) is 56.2 cm³/mol. The molecule has 15 heavy (non-hydrogen) atoms. The van der Waals surface area contributed by atoms with Gasteiger partial charge in [-0.2, -0.15) is 0 Å². The van der Waals surface area contributed by atoms with Crippen LogP contribution in [0.25, 0.3) is 0 Å². The van der Waals surface area contributed by atoms with Crippen molar-refractivity contribution in [1.29, 1.82) is 0 Å². The number of fused-ring (bicyclic) bond motifs is 1. The molecule has 0 spiro atoms. The van der Waals surface area contributed by atoms with E-state index < -0.39 is 0 Å². The Hall–Kier alpha value is -1.77. The van der Waals surface area contributed by atoms with Gasteiger partial charge in [0, 0.05) is 12.0 Å². The number of aromatic hydroxyl groups is 1. The summed E-state index contributed by atoms with van der Waals surface area (Å²) >= 11 is 0. The molecular weight excluding hydrogens is 192 g/mol. The average molecular weight is 204 g/mol. The molecule has 1 aliphatic rings. The van der Waals surface area contributed by atoms with Crippen LogP contribution >= 0.6 is 0 Å². The normalized spacial score (nSPS) is 14.6. The van der Waals surface area contributed by atoms with Gasteiger partial charge in [-0.1, -0.05) is 12.1 Å². The number of hydrogen-bond acceptors (Lipinski definition) is 3. The van der Waals surface area contributed by atoms with Gasteiger partial charge in [-0.05, 0) is 24.1 Å². The molecule has 0 saturated carbocycles. The summed E-state index contributed by atoms with van der Waals surface area (Å²) in [5.74, 6) is 0.671. The highest BCUT2D eigenvalue weighted by atomic mass is 16.5. The van der Waals surface area contributed by atoms with Gasteiger partial charge in [-0.3, -0.25) is 4.79 Å². The van der Waals surface area contributed by atoms with Crippen LogP contribution in [0.1, 0.15) is 11.1 Å². The second-order valence-corrected chi connectivity index (χ2v) is 3.50. The highest BCUT2D eigenvalue weighted by Gasteiger charge is 2.15. The maximum Gasteiger partial charge on any atom is 0.161 e. The molecule has 0 unspecified atom stereocenters. The van der Waals surface area contributed by atoms with Gasteiger partial charge in [-0.25, -0.2) is 0 Å². The summed E-state index contributed by atoms with van der Waals surface area (Å²) in [4.78, 5) is 11.3. The van der Waals surface area contributed by atoms with Crippen molar-refractivity contribution in [3.8, 4) is 11.5 Å². The van der Waals surface area contributed by atoms with E-state index in [-0.39, 0.29) is 11.5 Å². The Morgan fingerprint density at radius 3 is 2.93 bits per heavy atom. The lowest BCUT2D eigenvalue weighted by Crippen LogP contribution is -1.99. The first-order valence-electron chi connectivity index (χ1n) is 4.79. The molecule has 0 fully saturated rings. The molecule has 0 radical (unpaired) electrons. The largest absolute Gasteiger partial charge is 0.504 e. The van der Waals surface area contributed by atoms with Crippen LogP contribution < -0.4 is 4.74 Å². The van der Waals surface area contributed by atoms with Crippen molar-refractivity contribution in [1.82, 2.24) is 0 Å². The topological polar surface area (TPSA) is 46.5 Å². The first kappa shape index (κ1) is 9.77. The number of carbonyl (C=O) groups excluding carboxylic acids is 1. The Morgan fingerprint density at radius 1 is 1.40 bits per heavy atom. The number of allylic oxidation sites excluding steroid dienone is 2. The van der Waals surface area contributed by atoms with Gasteiger partial charge in [0.25, 0.3) is 0 Å². The number of rotatable bonds is 1. The van der Waals surface area contributed by atoms with Crippen molar-refractivity contribution in [3.05, 3.63) is 35.4 Å². The van der Waals surface area contributed by atoms with E-state index in [0.717, 1.165) is 11.1 Å². The summed E-state index contributed by atoms with van der Waals surface area (Å²) in [5, 5.41) is 9.88. The fraction of sp³-hybridized carbons (Fsp3) is 0.250. The van der Waals surface area contributed by atoms with Crippen LogP contribution in [0.5, 0.6) is 11.5 Å². The van der Waals surface area contributed by atoms with Gasteiger partial charge in [0.2, 0.25) is 0 Å². The standard InChI is InChI=1S/C12H12O3/c1-15-11-6-5-8-7-9(13)3-2-4-10(8)12(11)14/h2-3,5-6,14H,4,7H2,1H3. The number of phenols is 1. The Morgan fingerprint density at radius 2 is 2.20 bits per heavy atom. The zero-order chi connectivity index (χ0) is 10.8. The van der Waals surface area contributed by atoms with Crippen molar-refractivity contribution in [2.24, 2.45) is 0 Å². The maximum absolute atomic E-state index is 11.3. The van der Waals surface area contributed by atoms with Crippen LogP contribution in [0.15, 0.2) is 24.3 Å². The van der Waals surface area contributed by atoms with E-state index in [0.29, 0.717) is 18.6 Å². The Labute approximate surface area is 88.0 Å².